The van der Waals surface area contributed by atoms with Gasteiger partial charge in [-0.2, -0.15) is 16.1 Å². The highest BCUT2D eigenvalue weighted by Crippen LogP contribution is 2.47. The average Bonchev–Trinajstić information content (AvgIpc) is 3.42. The number of nitrogens with zero attached hydrogens (tertiary/aromatic N) is 6. The van der Waals surface area contributed by atoms with Crippen molar-refractivity contribution >= 4 is 46.2 Å². The standard InChI is InChI=1S/C32H33N7O9/c1-44-27-16-24(35-34-21-6-8-22(9-7-21)47-48-33)20(17-40)15-25(27)36-37-26-14-19-4-2-12-38-13-3-5-23(31(19)38)32(26)45-18-30(43)46-39-28(41)10-11-29(39)42/h6-9,14-16,40H,2-5,10-13,17-18,33H2,1H3. The number of anilines is 1. The Bertz CT molecular complexity index is 1760. The first kappa shape index (κ1) is 32.5. The lowest BCUT2D eigenvalue weighted by molar-refractivity contribution is -0.211. The largest absolute Gasteiger partial charge is 0.494 e. The van der Waals surface area contributed by atoms with Crippen LogP contribution in [0.3, 0.4) is 0 Å². The number of imide groups is 1. The van der Waals surface area contributed by atoms with Gasteiger partial charge >= 0.3 is 5.97 Å². The zero-order valence-corrected chi connectivity index (χ0v) is 26.1. The summed E-state index contributed by atoms with van der Waals surface area (Å²) in [5, 5.41) is 28.1. The topological polar surface area (TPSA) is 200 Å². The molecule has 6 rings (SSSR count). The molecule has 0 radical (unpaired) electrons. The number of hydrogen-bond acceptors (Lipinski definition) is 15. The molecule has 1 saturated heterocycles. The number of benzene rings is 3. The number of carbonyl (C=O) groups is 3. The van der Waals surface area contributed by atoms with Gasteiger partial charge < -0.3 is 29.2 Å². The molecule has 3 aliphatic rings. The smallest absolute Gasteiger partial charge is 0.370 e. The van der Waals surface area contributed by atoms with Crippen molar-refractivity contribution in [1.29, 1.82) is 0 Å². The number of ether oxygens (including phenoxy) is 2. The van der Waals surface area contributed by atoms with Crippen LogP contribution in [0.15, 0.2) is 62.9 Å². The van der Waals surface area contributed by atoms with Crippen LogP contribution in [0.5, 0.6) is 17.2 Å². The van der Waals surface area contributed by atoms with Crippen molar-refractivity contribution in [1.82, 2.24) is 5.06 Å². The maximum atomic E-state index is 12.7. The van der Waals surface area contributed by atoms with E-state index in [1.165, 1.54) is 7.11 Å². The fraction of sp³-hybridized carbons (Fsp3) is 0.344. The van der Waals surface area contributed by atoms with E-state index in [0.717, 1.165) is 49.2 Å². The quantitative estimate of drug-likeness (QED) is 0.116. The Labute approximate surface area is 274 Å². The van der Waals surface area contributed by atoms with Crippen LogP contribution in [0.1, 0.15) is 42.4 Å². The first-order valence-electron chi connectivity index (χ1n) is 15.3. The average molecular weight is 660 g/mol. The molecule has 0 aromatic heterocycles. The molecular weight excluding hydrogens is 626 g/mol. The second-order valence-corrected chi connectivity index (χ2v) is 11.1. The third-order valence-electron chi connectivity index (χ3n) is 8.06. The predicted molar refractivity (Wildman–Crippen MR) is 168 cm³/mol. The summed E-state index contributed by atoms with van der Waals surface area (Å²) >= 11 is 0. The van der Waals surface area contributed by atoms with Crippen LogP contribution in [-0.2, 0) is 43.7 Å². The van der Waals surface area contributed by atoms with Crippen LogP contribution in [0.2, 0.25) is 0 Å². The van der Waals surface area contributed by atoms with Gasteiger partial charge in [-0.05, 0) is 67.6 Å². The fourth-order valence-corrected chi connectivity index (χ4v) is 5.87. The minimum absolute atomic E-state index is 0.0109. The number of azo groups is 2. The normalized spacial score (nSPS) is 15.7. The summed E-state index contributed by atoms with van der Waals surface area (Å²) < 4.78 is 11.6. The number of aryl methyl sites for hydroxylation is 1. The van der Waals surface area contributed by atoms with E-state index in [1.807, 2.05) is 6.07 Å². The molecule has 3 aromatic rings. The van der Waals surface area contributed by atoms with Gasteiger partial charge in [-0.15, -0.1) is 15.3 Å². The van der Waals surface area contributed by atoms with Gasteiger partial charge in [0.1, 0.15) is 17.1 Å². The van der Waals surface area contributed by atoms with Crippen LogP contribution >= 0.6 is 0 Å². The molecule has 16 nitrogen and oxygen atoms in total. The Morgan fingerprint density at radius 3 is 2.31 bits per heavy atom. The van der Waals surface area contributed by atoms with Gasteiger partial charge in [0.05, 0.1) is 25.1 Å². The van der Waals surface area contributed by atoms with Crippen molar-refractivity contribution in [2.24, 2.45) is 26.4 Å². The van der Waals surface area contributed by atoms with Crippen LogP contribution < -0.4 is 25.2 Å². The minimum atomic E-state index is -0.896. The van der Waals surface area contributed by atoms with E-state index in [1.54, 1.807) is 36.4 Å². The third kappa shape index (κ3) is 6.95. The summed E-state index contributed by atoms with van der Waals surface area (Å²) in [6, 6.07) is 11.6. The number of methoxy groups -OCH3 is 1. The molecule has 0 unspecified atom stereocenters. The van der Waals surface area contributed by atoms with Crippen LogP contribution in [0, 0.1) is 0 Å². The molecule has 0 saturated carbocycles. The van der Waals surface area contributed by atoms with Gasteiger partial charge in [0.15, 0.2) is 18.1 Å². The minimum Gasteiger partial charge on any atom is -0.494 e. The van der Waals surface area contributed by atoms with E-state index in [-0.39, 0.29) is 19.4 Å². The van der Waals surface area contributed by atoms with E-state index < -0.39 is 24.4 Å². The zero-order valence-electron chi connectivity index (χ0n) is 26.1. The monoisotopic (exact) mass is 659 g/mol. The molecule has 3 N–H and O–H groups in total. The number of amides is 2. The van der Waals surface area contributed by atoms with Gasteiger partial charge in [-0.25, -0.2) is 4.79 Å². The van der Waals surface area contributed by atoms with E-state index in [2.05, 4.69) is 30.3 Å². The zero-order chi connectivity index (χ0) is 33.6. The van der Waals surface area contributed by atoms with Gasteiger partial charge in [0.2, 0.25) is 0 Å². The van der Waals surface area contributed by atoms with Crippen molar-refractivity contribution in [3.05, 3.63) is 59.2 Å². The lowest BCUT2D eigenvalue weighted by atomic mass is 9.90. The van der Waals surface area contributed by atoms with Gasteiger partial charge in [0, 0.05) is 48.8 Å². The molecule has 0 atom stereocenters. The molecule has 0 bridgehead atoms. The maximum Gasteiger partial charge on any atom is 0.370 e. The summed E-state index contributed by atoms with van der Waals surface area (Å²) in [6.45, 7) is 0.906. The van der Waals surface area contributed by atoms with Gasteiger partial charge in [-0.3, -0.25) is 9.59 Å². The van der Waals surface area contributed by atoms with Crippen molar-refractivity contribution < 1.29 is 43.7 Å². The summed E-state index contributed by atoms with van der Waals surface area (Å²) in [7, 11) is 1.47. The van der Waals surface area contributed by atoms with E-state index in [4.69, 9.17) is 25.1 Å². The highest BCUT2D eigenvalue weighted by atomic mass is 17.3. The molecule has 16 heteroatoms. The molecule has 1 fully saturated rings. The SMILES string of the molecule is COc1cc(N=Nc2ccc(OON)cc2)c(CO)cc1N=Nc1cc2c3c(c1OCC(=O)ON1C(=O)CCC1=O)CCCN3CCC2. The molecule has 3 aliphatic heterocycles. The lowest BCUT2D eigenvalue weighted by Crippen LogP contribution is -2.35. The molecule has 0 spiro atoms. The van der Waals surface area contributed by atoms with Crippen molar-refractivity contribution in [2.45, 2.75) is 45.1 Å². The van der Waals surface area contributed by atoms with E-state index in [9.17, 15) is 19.5 Å². The lowest BCUT2D eigenvalue weighted by Gasteiger charge is -2.37. The molecule has 3 aromatic carbocycles. The summed E-state index contributed by atoms with van der Waals surface area (Å²) in [4.78, 5) is 52.7. The number of hydrogen-bond donors (Lipinski definition) is 2. The van der Waals surface area contributed by atoms with Crippen molar-refractivity contribution in [2.75, 3.05) is 31.7 Å². The van der Waals surface area contributed by atoms with Crippen LogP contribution in [-0.4, -0.2) is 54.8 Å². The van der Waals surface area contributed by atoms with E-state index >= 15 is 0 Å². The van der Waals surface area contributed by atoms with Crippen molar-refractivity contribution in [3.63, 3.8) is 0 Å². The second kappa shape index (κ2) is 14.5. The Kier molecular flexibility index (Phi) is 9.84. The number of aliphatic hydroxyl groups excluding tert-OH is 1. The maximum absolute atomic E-state index is 12.7. The fourth-order valence-electron chi connectivity index (χ4n) is 5.87. The number of aliphatic hydroxyl groups is 1. The molecule has 2 amide bonds. The Hall–Kier alpha value is -5.45. The number of nitrogens with two attached hydrogens (primary N) is 1. The van der Waals surface area contributed by atoms with Crippen molar-refractivity contribution in [3.8, 4) is 17.2 Å². The second-order valence-electron chi connectivity index (χ2n) is 11.1. The molecular formula is C32H33N7O9. The third-order valence-corrected chi connectivity index (χ3v) is 8.06. The predicted octanol–water partition coefficient (Wildman–Crippen LogP) is 4.89. The number of rotatable bonds is 12. The molecule has 0 aliphatic carbocycles. The van der Waals surface area contributed by atoms with Gasteiger partial charge in [0.25, 0.3) is 11.8 Å². The molecule has 250 valence electrons. The van der Waals surface area contributed by atoms with E-state index in [0.29, 0.717) is 57.0 Å². The summed E-state index contributed by atoms with van der Waals surface area (Å²) in [5.41, 5.74) is 5.07. The highest BCUT2D eigenvalue weighted by molar-refractivity contribution is 6.01. The molecule has 3 heterocycles. The van der Waals surface area contributed by atoms with Crippen LogP contribution in [0.25, 0.3) is 0 Å². The van der Waals surface area contributed by atoms with Crippen LogP contribution in [0.4, 0.5) is 28.4 Å². The summed E-state index contributed by atoms with van der Waals surface area (Å²) in [6.07, 6.45) is 3.39. The number of carbonyl (C=O) groups excluding carboxylic acids is 3. The van der Waals surface area contributed by atoms with Gasteiger partial charge in [-0.1, -0.05) is 4.99 Å². The Morgan fingerprint density at radius 1 is 0.896 bits per heavy atom. The first-order valence-corrected chi connectivity index (χ1v) is 15.3. The Balaban J connectivity index is 1.29. The number of hydroxylamine groups is 2. The highest BCUT2D eigenvalue weighted by Gasteiger charge is 2.34. The molecule has 48 heavy (non-hydrogen) atoms. The Morgan fingerprint density at radius 2 is 1.60 bits per heavy atom. The first-order chi connectivity index (χ1) is 23.4. The summed E-state index contributed by atoms with van der Waals surface area (Å²) in [5.74, 6) is 3.93.